The molecule has 38 heavy (non-hydrogen) atoms. The number of rotatable bonds is 1. The van der Waals surface area contributed by atoms with Crippen LogP contribution in [0.25, 0.3) is 71.2 Å². The molecule has 8 aromatic rings. The molecule has 0 amide bonds. The summed E-state index contributed by atoms with van der Waals surface area (Å²) < 4.78 is 2.33. The fourth-order valence-corrected chi connectivity index (χ4v) is 6.70. The average molecular weight is 485 g/mol. The van der Waals surface area contributed by atoms with Crippen molar-refractivity contribution in [2.45, 2.75) is 0 Å². The molecule has 0 saturated heterocycles. The summed E-state index contributed by atoms with van der Waals surface area (Å²) in [6, 6.07) is 40.1. The molecule has 3 heteroatoms. The number of para-hydroxylation sites is 2. The van der Waals surface area contributed by atoms with Gasteiger partial charge in [-0.05, 0) is 41.3 Å². The highest BCUT2D eigenvalue weighted by Crippen LogP contribution is 2.48. The van der Waals surface area contributed by atoms with Crippen LogP contribution in [0.4, 0.5) is 0 Å². The number of benzene rings is 6. The Labute approximate surface area is 217 Å². The van der Waals surface area contributed by atoms with E-state index in [1.54, 1.807) is 0 Å². The molecule has 6 aromatic carbocycles. The molecule has 9 rings (SSSR count). The second-order valence-corrected chi connectivity index (χ2v) is 10.1. The maximum atomic E-state index is 13.9. The molecule has 0 saturated carbocycles. The van der Waals surface area contributed by atoms with Crippen molar-refractivity contribution in [1.82, 2.24) is 9.55 Å². The molecular weight excluding hydrogens is 464 g/mol. The molecule has 0 aliphatic heterocycles. The third-order valence-electron chi connectivity index (χ3n) is 8.25. The second-order valence-electron chi connectivity index (χ2n) is 10.1. The summed E-state index contributed by atoms with van der Waals surface area (Å²) in [5.41, 5.74) is 9.16. The van der Waals surface area contributed by atoms with E-state index in [1.807, 2.05) is 18.2 Å². The van der Waals surface area contributed by atoms with Gasteiger partial charge in [0.25, 0.3) is 0 Å². The summed E-state index contributed by atoms with van der Waals surface area (Å²) in [7, 11) is 0. The Hall–Kier alpha value is -5.15. The van der Waals surface area contributed by atoms with E-state index in [-0.39, 0.29) is 5.78 Å². The predicted octanol–water partition coefficient (Wildman–Crippen LogP) is 8.78. The summed E-state index contributed by atoms with van der Waals surface area (Å²) in [5, 5.41) is 6.81. The largest absolute Gasteiger partial charge is 0.354 e. The van der Waals surface area contributed by atoms with Crippen molar-refractivity contribution in [2.24, 2.45) is 0 Å². The Morgan fingerprint density at radius 2 is 1.13 bits per heavy atom. The van der Waals surface area contributed by atoms with Crippen LogP contribution < -0.4 is 0 Å². The van der Waals surface area contributed by atoms with E-state index in [1.165, 1.54) is 21.8 Å². The minimum Gasteiger partial charge on any atom is -0.354 e. The topological polar surface area (TPSA) is 37.8 Å². The first-order chi connectivity index (χ1) is 18.8. The van der Waals surface area contributed by atoms with Crippen LogP contribution >= 0.6 is 0 Å². The van der Waals surface area contributed by atoms with Gasteiger partial charge in [0.2, 0.25) is 0 Å². The van der Waals surface area contributed by atoms with Crippen LogP contribution in [-0.4, -0.2) is 15.3 Å². The van der Waals surface area contributed by atoms with Gasteiger partial charge in [-0.25, -0.2) is 0 Å². The fraction of sp³-hybridized carbons (Fsp3) is 0. The van der Waals surface area contributed by atoms with Crippen LogP contribution in [0.5, 0.6) is 0 Å². The third kappa shape index (κ3) is 2.36. The number of fused-ring (bicyclic) bond motifs is 13. The third-order valence-corrected chi connectivity index (χ3v) is 8.25. The quantitative estimate of drug-likeness (QED) is 0.248. The van der Waals surface area contributed by atoms with Gasteiger partial charge in [-0.2, -0.15) is 0 Å². The molecule has 176 valence electrons. The molecule has 1 aliphatic rings. The summed E-state index contributed by atoms with van der Waals surface area (Å²) in [5.74, 6) is 0.106. The normalized spacial score (nSPS) is 12.8. The summed E-state index contributed by atoms with van der Waals surface area (Å²) >= 11 is 0. The highest BCUT2D eigenvalue weighted by atomic mass is 16.1. The van der Waals surface area contributed by atoms with Crippen LogP contribution in [0.15, 0.2) is 115 Å². The van der Waals surface area contributed by atoms with Crippen LogP contribution in [0.1, 0.15) is 15.9 Å². The van der Waals surface area contributed by atoms with Crippen molar-refractivity contribution in [3.8, 4) is 16.8 Å². The van der Waals surface area contributed by atoms with Crippen molar-refractivity contribution in [3.63, 3.8) is 0 Å². The van der Waals surface area contributed by atoms with E-state index < -0.39 is 0 Å². The number of hydrogen-bond acceptors (Lipinski definition) is 1. The van der Waals surface area contributed by atoms with Crippen LogP contribution in [0.2, 0.25) is 0 Å². The zero-order valence-electron chi connectivity index (χ0n) is 20.3. The second kappa shape index (κ2) is 6.99. The Morgan fingerprint density at radius 3 is 1.87 bits per heavy atom. The molecular formula is C35H20N2O. The van der Waals surface area contributed by atoms with Crippen LogP contribution in [0.3, 0.4) is 0 Å². The van der Waals surface area contributed by atoms with Crippen molar-refractivity contribution < 1.29 is 4.79 Å². The summed E-state index contributed by atoms with van der Waals surface area (Å²) in [6.07, 6.45) is 0. The molecule has 0 atom stereocenters. The minimum absolute atomic E-state index is 0.106. The molecule has 0 fully saturated rings. The van der Waals surface area contributed by atoms with E-state index in [0.717, 1.165) is 60.5 Å². The van der Waals surface area contributed by atoms with Crippen molar-refractivity contribution in [3.05, 3.63) is 126 Å². The molecule has 1 N–H and O–H groups in total. The van der Waals surface area contributed by atoms with Gasteiger partial charge in [0, 0.05) is 54.8 Å². The summed E-state index contributed by atoms with van der Waals surface area (Å²) in [6.45, 7) is 0. The van der Waals surface area contributed by atoms with Crippen molar-refractivity contribution in [1.29, 1.82) is 0 Å². The zero-order chi connectivity index (χ0) is 25.0. The van der Waals surface area contributed by atoms with Gasteiger partial charge >= 0.3 is 0 Å². The number of carbonyl (C=O) groups is 1. The molecule has 3 nitrogen and oxygen atoms in total. The average Bonchev–Trinajstić information content (AvgIpc) is 3.61. The fourth-order valence-electron chi connectivity index (χ4n) is 6.70. The minimum atomic E-state index is 0.106. The number of aromatic nitrogens is 2. The highest BCUT2D eigenvalue weighted by Gasteiger charge is 2.32. The number of carbonyl (C=O) groups excluding carboxylic acids is 1. The lowest BCUT2D eigenvalue weighted by molar-refractivity contribution is 0.104. The first kappa shape index (κ1) is 20.0. The lowest BCUT2D eigenvalue weighted by atomic mass is 9.93. The zero-order valence-corrected chi connectivity index (χ0v) is 20.3. The number of nitrogens with one attached hydrogen (secondary N) is 1. The monoisotopic (exact) mass is 484 g/mol. The smallest absolute Gasteiger partial charge is 0.195 e. The molecule has 1 aliphatic carbocycles. The molecule has 2 heterocycles. The first-order valence-electron chi connectivity index (χ1n) is 12.9. The van der Waals surface area contributed by atoms with E-state index in [2.05, 4.69) is 107 Å². The maximum Gasteiger partial charge on any atom is 0.195 e. The number of aromatic amines is 1. The van der Waals surface area contributed by atoms with E-state index in [4.69, 9.17) is 0 Å². The standard InChI is InChI=1S/C35H20N2O/c38-35-26-14-4-2-12-24(26)31-23-11-1-3-13-25(23)34-32(33(31)35)27-19-20(17-18-28(27)36-34)37-29-15-7-5-9-21(29)22-10-6-8-16-30(22)37/h1-19,36H. The number of nitrogens with zero attached hydrogens (tertiary/aromatic N) is 1. The van der Waals surface area contributed by atoms with E-state index in [9.17, 15) is 4.79 Å². The lowest BCUT2D eigenvalue weighted by Gasteiger charge is -2.10. The Bertz CT molecular complexity index is 2260. The lowest BCUT2D eigenvalue weighted by Crippen LogP contribution is -1.97. The molecule has 0 unspecified atom stereocenters. The van der Waals surface area contributed by atoms with Gasteiger partial charge in [-0.3, -0.25) is 4.79 Å². The van der Waals surface area contributed by atoms with Gasteiger partial charge in [0.05, 0.1) is 16.6 Å². The van der Waals surface area contributed by atoms with Gasteiger partial charge in [-0.1, -0.05) is 84.9 Å². The van der Waals surface area contributed by atoms with E-state index >= 15 is 0 Å². The number of hydrogen-bond donors (Lipinski definition) is 1. The van der Waals surface area contributed by atoms with Gasteiger partial charge in [0.1, 0.15) is 0 Å². The maximum absolute atomic E-state index is 13.9. The van der Waals surface area contributed by atoms with Gasteiger partial charge < -0.3 is 9.55 Å². The van der Waals surface area contributed by atoms with Crippen LogP contribution in [0, 0.1) is 0 Å². The van der Waals surface area contributed by atoms with Gasteiger partial charge in [0.15, 0.2) is 5.78 Å². The summed E-state index contributed by atoms with van der Waals surface area (Å²) in [4.78, 5) is 17.6. The predicted molar refractivity (Wildman–Crippen MR) is 157 cm³/mol. The molecule has 0 bridgehead atoms. The van der Waals surface area contributed by atoms with Crippen LogP contribution in [-0.2, 0) is 0 Å². The van der Waals surface area contributed by atoms with E-state index in [0.29, 0.717) is 0 Å². The van der Waals surface area contributed by atoms with Crippen molar-refractivity contribution >= 4 is 60.2 Å². The SMILES string of the molecule is O=C1c2ccccc2-c2c1c1c3cc(-n4c5ccccc5c5ccccc54)ccc3[nH]c1c1ccccc21. The highest BCUT2D eigenvalue weighted by molar-refractivity contribution is 6.37. The Morgan fingerprint density at radius 1 is 0.526 bits per heavy atom. The molecule has 2 aromatic heterocycles. The Balaban J connectivity index is 1.45. The molecule has 0 radical (unpaired) electrons. The van der Waals surface area contributed by atoms with Gasteiger partial charge in [-0.15, -0.1) is 0 Å². The van der Waals surface area contributed by atoms with Crippen molar-refractivity contribution in [2.75, 3.05) is 0 Å². The number of H-pyrrole nitrogens is 1. The first-order valence-corrected chi connectivity index (χ1v) is 12.9. The Kier molecular flexibility index (Phi) is 3.67. The number of ketones is 1. The molecule has 0 spiro atoms.